The Balaban J connectivity index is 1.90. The van der Waals surface area contributed by atoms with Gasteiger partial charge in [0.15, 0.2) is 0 Å². The van der Waals surface area contributed by atoms with Crippen molar-refractivity contribution in [1.29, 1.82) is 0 Å². The maximum absolute atomic E-state index is 5.60. The van der Waals surface area contributed by atoms with Crippen LogP contribution in [0.15, 0.2) is 6.20 Å². The number of aromatic nitrogens is 2. The van der Waals surface area contributed by atoms with Crippen LogP contribution >= 0.6 is 0 Å². The van der Waals surface area contributed by atoms with Gasteiger partial charge in [0.25, 0.3) is 0 Å². The largest absolute Gasteiger partial charge is 0.475 e. The number of anilines is 1. The normalized spacial score (nSPS) is 20.7. The van der Waals surface area contributed by atoms with Gasteiger partial charge in [-0.15, -0.1) is 0 Å². The van der Waals surface area contributed by atoms with Gasteiger partial charge in [-0.05, 0) is 26.2 Å². The highest BCUT2D eigenvalue weighted by atomic mass is 16.5. The third kappa shape index (κ3) is 2.82. The molecule has 0 aromatic carbocycles. The lowest BCUT2D eigenvalue weighted by Crippen LogP contribution is -2.26. The number of nitrogens with zero attached hydrogens (tertiary/aromatic N) is 2. The molecule has 16 heavy (non-hydrogen) atoms. The van der Waals surface area contributed by atoms with E-state index in [4.69, 9.17) is 15.2 Å². The van der Waals surface area contributed by atoms with Gasteiger partial charge in [0.05, 0.1) is 6.10 Å². The summed E-state index contributed by atoms with van der Waals surface area (Å²) in [6.07, 6.45) is 5.26. The van der Waals surface area contributed by atoms with Gasteiger partial charge in [0.2, 0.25) is 11.8 Å². The maximum atomic E-state index is 5.60. The zero-order chi connectivity index (χ0) is 11.4. The Bertz CT molecular complexity index is 351. The number of rotatable bonds is 3. The zero-order valence-corrected chi connectivity index (χ0v) is 9.48. The standard InChI is InChI=1S/C11H17N3O2/c1-8-6-13-11(12)14-10(8)16-7-9-4-2-3-5-15-9/h6,9H,2-5,7H2,1H3,(H2,12,13,14). The molecule has 1 fully saturated rings. The van der Waals surface area contributed by atoms with Crippen molar-refractivity contribution in [3.05, 3.63) is 11.8 Å². The summed E-state index contributed by atoms with van der Waals surface area (Å²) in [7, 11) is 0. The number of nitrogens with two attached hydrogens (primary N) is 1. The van der Waals surface area contributed by atoms with Crippen LogP contribution < -0.4 is 10.5 Å². The highest BCUT2D eigenvalue weighted by molar-refractivity contribution is 5.28. The van der Waals surface area contributed by atoms with Crippen molar-refractivity contribution in [2.24, 2.45) is 0 Å². The molecule has 2 N–H and O–H groups in total. The number of nitrogen functional groups attached to an aromatic ring is 1. The van der Waals surface area contributed by atoms with Crippen LogP contribution in [-0.2, 0) is 4.74 Å². The quantitative estimate of drug-likeness (QED) is 0.836. The third-order valence-corrected chi connectivity index (χ3v) is 2.62. The highest BCUT2D eigenvalue weighted by Gasteiger charge is 2.15. The number of aryl methyl sites for hydroxylation is 1. The molecule has 1 aliphatic rings. The van der Waals surface area contributed by atoms with E-state index in [0.29, 0.717) is 12.5 Å². The molecule has 1 saturated heterocycles. The van der Waals surface area contributed by atoms with Crippen molar-refractivity contribution in [2.45, 2.75) is 32.3 Å². The molecular formula is C11H17N3O2. The van der Waals surface area contributed by atoms with Crippen LogP contribution in [0.2, 0.25) is 0 Å². The first-order valence-electron chi connectivity index (χ1n) is 5.59. The van der Waals surface area contributed by atoms with E-state index in [2.05, 4.69) is 9.97 Å². The van der Waals surface area contributed by atoms with E-state index in [1.54, 1.807) is 6.20 Å². The Morgan fingerprint density at radius 1 is 1.56 bits per heavy atom. The predicted octanol–water partition coefficient (Wildman–Crippen LogP) is 1.32. The molecular weight excluding hydrogens is 206 g/mol. The Labute approximate surface area is 95.0 Å². The summed E-state index contributed by atoms with van der Waals surface area (Å²) in [4.78, 5) is 7.94. The summed E-state index contributed by atoms with van der Waals surface area (Å²) in [5, 5.41) is 0. The molecule has 1 atom stereocenters. The maximum Gasteiger partial charge on any atom is 0.223 e. The zero-order valence-electron chi connectivity index (χ0n) is 9.48. The lowest BCUT2D eigenvalue weighted by Gasteiger charge is -2.22. The van der Waals surface area contributed by atoms with Crippen molar-refractivity contribution in [3.63, 3.8) is 0 Å². The minimum absolute atomic E-state index is 0.185. The first kappa shape index (κ1) is 11.1. The Morgan fingerprint density at radius 3 is 3.19 bits per heavy atom. The molecule has 0 spiro atoms. The minimum Gasteiger partial charge on any atom is -0.475 e. The van der Waals surface area contributed by atoms with Crippen molar-refractivity contribution in [3.8, 4) is 5.88 Å². The predicted molar refractivity (Wildman–Crippen MR) is 60.3 cm³/mol. The summed E-state index contributed by atoms with van der Waals surface area (Å²) in [6, 6.07) is 0. The molecule has 0 radical (unpaired) electrons. The molecule has 2 heterocycles. The van der Waals surface area contributed by atoms with Crippen LogP contribution in [0.5, 0.6) is 5.88 Å². The van der Waals surface area contributed by atoms with Crippen LogP contribution in [0.1, 0.15) is 24.8 Å². The fourth-order valence-electron chi connectivity index (χ4n) is 1.70. The van der Waals surface area contributed by atoms with E-state index < -0.39 is 0 Å². The molecule has 5 heteroatoms. The van der Waals surface area contributed by atoms with Crippen LogP contribution in [0, 0.1) is 6.92 Å². The SMILES string of the molecule is Cc1cnc(N)nc1OCC1CCCCO1. The number of ether oxygens (including phenoxy) is 2. The van der Waals surface area contributed by atoms with E-state index in [0.717, 1.165) is 25.0 Å². The van der Waals surface area contributed by atoms with Gasteiger partial charge >= 0.3 is 0 Å². The van der Waals surface area contributed by atoms with Gasteiger partial charge in [-0.3, -0.25) is 0 Å². The fraction of sp³-hybridized carbons (Fsp3) is 0.636. The van der Waals surface area contributed by atoms with Gasteiger partial charge in [0.1, 0.15) is 6.61 Å². The first-order chi connectivity index (χ1) is 7.75. The molecule has 0 amide bonds. The van der Waals surface area contributed by atoms with Crippen molar-refractivity contribution in [2.75, 3.05) is 18.9 Å². The van der Waals surface area contributed by atoms with E-state index >= 15 is 0 Å². The lowest BCUT2D eigenvalue weighted by atomic mass is 10.1. The molecule has 1 aromatic heterocycles. The third-order valence-electron chi connectivity index (χ3n) is 2.62. The van der Waals surface area contributed by atoms with Crippen LogP contribution in [-0.4, -0.2) is 29.3 Å². The van der Waals surface area contributed by atoms with E-state index in [1.807, 2.05) is 6.92 Å². The van der Waals surface area contributed by atoms with E-state index in [-0.39, 0.29) is 12.1 Å². The molecule has 2 rings (SSSR count). The van der Waals surface area contributed by atoms with Gasteiger partial charge in [-0.25, -0.2) is 4.98 Å². The van der Waals surface area contributed by atoms with Crippen molar-refractivity contribution in [1.82, 2.24) is 9.97 Å². The van der Waals surface area contributed by atoms with Crippen LogP contribution in [0.4, 0.5) is 5.95 Å². The summed E-state index contributed by atoms with van der Waals surface area (Å²) in [6.45, 7) is 3.27. The van der Waals surface area contributed by atoms with Crippen LogP contribution in [0.25, 0.3) is 0 Å². The molecule has 1 unspecified atom stereocenters. The van der Waals surface area contributed by atoms with Crippen LogP contribution in [0.3, 0.4) is 0 Å². The van der Waals surface area contributed by atoms with Gasteiger partial charge in [0, 0.05) is 18.4 Å². The van der Waals surface area contributed by atoms with E-state index in [9.17, 15) is 0 Å². The molecule has 0 bridgehead atoms. The molecule has 88 valence electrons. The smallest absolute Gasteiger partial charge is 0.223 e. The molecule has 1 aliphatic heterocycles. The lowest BCUT2D eigenvalue weighted by molar-refractivity contribution is -0.0120. The Kier molecular flexibility index (Phi) is 3.56. The van der Waals surface area contributed by atoms with Crippen molar-refractivity contribution >= 4 is 5.95 Å². The summed E-state index contributed by atoms with van der Waals surface area (Å²) in [5.74, 6) is 0.798. The fourth-order valence-corrected chi connectivity index (χ4v) is 1.70. The molecule has 0 aliphatic carbocycles. The van der Waals surface area contributed by atoms with E-state index in [1.165, 1.54) is 6.42 Å². The second-order valence-electron chi connectivity index (χ2n) is 4.02. The molecule has 5 nitrogen and oxygen atoms in total. The van der Waals surface area contributed by atoms with Crippen molar-refractivity contribution < 1.29 is 9.47 Å². The topological polar surface area (TPSA) is 70.3 Å². The first-order valence-corrected chi connectivity index (χ1v) is 5.59. The molecule has 1 aromatic rings. The Morgan fingerprint density at radius 2 is 2.44 bits per heavy atom. The summed E-state index contributed by atoms with van der Waals surface area (Å²) >= 11 is 0. The number of hydrogen-bond donors (Lipinski definition) is 1. The minimum atomic E-state index is 0.185. The van der Waals surface area contributed by atoms with Gasteiger partial charge in [-0.1, -0.05) is 0 Å². The summed E-state index contributed by atoms with van der Waals surface area (Å²) in [5.41, 5.74) is 6.40. The highest BCUT2D eigenvalue weighted by Crippen LogP contribution is 2.17. The summed E-state index contributed by atoms with van der Waals surface area (Å²) < 4.78 is 11.2. The Hall–Kier alpha value is -1.36. The van der Waals surface area contributed by atoms with Gasteiger partial charge in [-0.2, -0.15) is 4.98 Å². The average Bonchev–Trinajstić information content (AvgIpc) is 2.32. The average molecular weight is 223 g/mol. The molecule has 0 saturated carbocycles. The number of hydrogen-bond acceptors (Lipinski definition) is 5. The second-order valence-corrected chi connectivity index (χ2v) is 4.02. The van der Waals surface area contributed by atoms with Gasteiger partial charge < -0.3 is 15.2 Å². The second kappa shape index (κ2) is 5.12. The monoisotopic (exact) mass is 223 g/mol.